The van der Waals surface area contributed by atoms with Gasteiger partial charge in [-0.15, -0.1) is 0 Å². The standard InChI is InChI=1S/C6H13NO2/c1-3-5(2)4-9-6(7)8/h5H,3-4H2,1-2H3,(H2,7,8)/t5-/m0/s1. The van der Waals surface area contributed by atoms with Crippen LogP contribution in [0.4, 0.5) is 4.79 Å². The average molecular weight is 131 g/mol. The van der Waals surface area contributed by atoms with Crippen LogP contribution in [0.25, 0.3) is 0 Å². The zero-order valence-electron chi connectivity index (χ0n) is 5.89. The predicted molar refractivity (Wildman–Crippen MR) is 35.0 cm³/mol. The molecule has 0 bridgehead atoms. The first kappa shape index (κ1) is 8.27. The maximum Gasteiger partial charge on any atom is 0.404 e. The third kappa shape index (κ3) is 5.14. The summed E-state index contributed by atoms with van der Waals surface area (Å²) in [7, 11) is 0. The molecule has 0 aliphatic rings. The van der Waals surface area contributed by atoms with Crippen molar-refractivity contribution in [3.05, 3.63) is 0 Å². The first-order valence-electron chi connectivity index (χ1n) is 3.09. The third-order valence-electron chi connectivity index (χ3n) is 1.21. The minimum Gasteiger partial charge on any atom is -0.449 e. The van der Waals surface area contributed by atoms with E-state index in [-0.39, 0.29) is 0 Å². The average Bonchev–Trinajstić information content (AvgIpc) is 1.83. The van der Waals surface area contributed by atoms with Crippen LogP contribution >= 0.6 is 0 Å². The van der Waals surface area contributed by atoms with Crippen LogP contribution in [-0.4, -0.2) is 12.7 Å². The highest BCUT2D eigenvalue weighted by Gasteiger charge is 1.99. The number of nitrogens with two attached hydrogens (primary N) is 1. The van der Waals surface area contributed by atoms with Crippen molar-refractivity contribution in [2.24, 2.45) is 11.7 Å². The molecular formula is C6H13NO2. The zero-order valence-corrected chi connectivity index (χ0v) is 5.89. The Balaban J connectivity index is 3.16. The Kier molecular flexibility index (Phi) is 3.84. The van der Waals surface area contributed by atoms with Crippen molar-refractivity contribution in [1.29, 1.82) is 0 Å². The van der Waals surface area contributed by atoms with E-state index in [9.17, 15) is 4.79 Å². The molecule has 0 rings (SSSR count). The van der Waals surface area contributed by atoms with Crippen LogP contribution in [0, 0.1) is 5.92 Å². The topological polar surface area (TPSA) is 52.3 Å². The van der Waals surface area contributed by atoms with Gasteiger partial charge >= 0.3 is 6.09 Å². The summed E-state index contributed by atoms with van der Waals surface area (Å²) in [5.41, 5.74) is 4.73. The quantitative estimate of drug-likeness (QED) is 0.624. The maximum atomic E-state index is 10.0. The number of carbonyl (C=O) groups excluding carboxylic acids is 1. The fraction of sp³-hybridized carbons (Fsp3) is 0.833. The molecule has 0 unspecified atom stereocenters. The Morgan fingerprint density at radius 2 is 2.33 bits per heavy atom. The molecule has 3 nitrogen and oxygen atoms in total. The normalized spacial score (nSPS) is 12.7. The first-order chi connectivity index (χ1) is 4.16. The van der Waals surface area contributed by atoms with E-state index in [0.29, 0.717) is 12.5 Å². The van der Waals surface area contributed by atoms with Gasteiger partial charge in [0.2, 0.25) is 0 Å². The number of ether oxygens (including phenoxy) is 1. The molecule has 0 saturated carbocycles. The molecule has 0 spiro atoms. The summed E-state index contributed by atoms with van der Waals surface area (Å²) < 4.78 is 4.53. The number of rotatable bonds is 3. The molecule has 0 aromatic heterocycles. The van der Waals surface area contributed by atoms with E-state index >= 15 is 0 Å². The molecule has 0 radical (unpaired) electrons. The van der Waals surface area contributed by atoms with Crippen molar-refractivity contribution in [2.45, 2.75) is 20.3 Å². The second kappa shape index (κ2) is 4.18. The highest BCUT2D eigenvalue weighted by atomic mass is 16.5. The van der Waals surface area contributed by atoms with Crippen LogP contribution in [0.1, 0.15) is 20.3 Å². The van der Waals surface area contributed by atoms with E-state index < -0.39 is 6.09 Å². The number of carbonyl (C=O) groups is 1. The van der Waals surface area contributed by atoms with Crippen molar-refractivity contribution in [2.75, 3.05) is 6.61 Å². The fourth-order valence-corrected chi connectivity index (χ4v) is 0.342. The van der Waals surface area contributed by atoms with Crippen molar-refractivity contribution in [3.8, 4) is 0 Å². The van der Waals surface area contributed by atoms with Gasteiger partial charge in [-0.25, -0.2) is 4.79 Å². The summed E-state index contributed by atoms with van der Waals surface area (Å²) >= 11 is 0. The molecule has 1 amide bonds. The lowest BCUT2D eigenvalue weighted by atomic mass is 10.1. The fourth-order valence-electron chi connectivity index (χ4n) is 0.342. The Morgan fingerprint density at radius 1 is 1.78 bits per heavy atom. The number of hydrogen-bond acceptors (Lipinski definition) is 2. The molecule has 0 aliphatic carbocycles. The predicted octanol–water partition coefficient (Wildman–Crippen LogP) is 1.13. The van der Waals surface area contributed by atoms with Gasteiger partial charge in [0.1, 0.15) is 0 Å². The van der Waals surface area contributed by atoms with Crippen molar-refractivity contribution >= 4 is 6.09 Å². The summed E-state index contributed by atoms with van der Waals surface area (Å²) in [6.07, 6.45) is 0.322. The molecule has 0 saturated heterocycles. The van der Waals surface area contributed by atoms with E-state index in [0.717, 1.165) is 6.42 Å². The van der Waals surface area contributed by atoms with E-state index in [1.807, 2.05) is 13.8 Å². The largest absolute Gasteiger partial charge is 0.449 e. The Hall–Kier alpha value is -0.730. The van der Waals surface area contributed by atoms with Crippen LogP contribution in [0.5, 0.6) is 0 Å². The number of primary amides is 1. The van der Waals surface area contributed by atoms with E-state index in [1.165, 1.54) is 0 Å². The molecule has 0 heterocycles. The van der Waals surface area contributed by atoms with Gasteiger partial charge in [0, 0.05) is 0 Å². The van der Waals surface area contributed by atoms with Crippen molar-refractivity contribution < 1.29 is 9.53 Å². The molecule has 2 N–H and O–H groups in total. The molecule has 54 valence electrons. The summed E-state index contributed by atoms with van der Waals surface area (Å²) in [6.45, 7) is 4.48. The molecule has 0 aliphatic heterocycles. The van der Waals surface area contributed by atoms with Gasteiger partial charge in [0.05, 0.1) is 6.61 Å². The third-order valence-corrected chi connectivity index (χ3v) is 1.21. The summed E-state index contributed by atoms with van der Waals surface area (Å²) in [5.74, 6) is 0.414. The van der Waals surface area contributed by atoms with Crippen molar-refractivity contribution in [3.63, 3.8) is 0 Å². The summed E-state index contributed by atoms with van der Waals surface area (Å²) in [6, 6.07) is 0. The lowest BCUT2D eigenvalue weighted by Crippen LogP contribution is -2.16. The van der Waals surface area contributed by atoms with E-state index in [2.05, 4.69) is 4.74 Å². The van der Waals surface area contributed by atoms with Gasteiger partial charge in [-0.05, 0) is 5.92 Å². The highest BCUT2D eigenvalue weighted by molar-refractivity contribution is 5.64. The first-order valence-corrected chi connectivity index (χ1v) is 3.09. The lowest BCUT2D eigenvalue weighted by molar-refractivity contribution is 0.139. The molecule has 0 aromatic rings. The Labute approximate surface area is 55.2 Å². The zero-order chi connectivity index (χ0) is 7.28. The minimum absolute atomic E-state index is 0.414. The second-order valence-corrected chi connectivity index (χ2v) is 2.14. The van der Waals surface area contributed by atoms with Gasteiger partial charge in [0.15, 0.2) is 0 Å². The van der Waals surface area contributed by atoms with Crippen LogP contribution < -0.4 is 5.73 Å². The van der Waals surface area contributed by atoms with Gasteiger partial charge < -0.3 is 10.5 Å². The maximum absolute atomic E-state index is 10.0. The van der Waals surface area contributed by atoms with Crippen LogP contribution in [0.3, 0.4) is 0 Å². The van der Waals surface area contributed by atoms with Crippen LogP contribution in [-0.2, 0) is 4.74 Å². The molecule has 3 heteroatoms. The summed E-state index contributed by atoms with van der Waals surface area (Å²) in [4.78, 5) is 10.0. The minimum atomic E-state index is -0.685. The molecule has 9 heavy (non-hydrogen) atoms. The van der Waals surface area contributed by atoms with Gasteiger partial charge in [0.25, 0.3) is 0 Å². The molecular weight excluding hydrogens is 118 g/mol. The highest BCUT2D eigenvalue weighted by Crippen LogP contribution is 1.99. The van der Waals surface area contributed by atoms with Gasteiger partial charge in [-0.2, -0.15) is 0 Å². The monoisotopic (exact) mass is 131 g/mol. The van der Waals surface area contributed by atoms with Gasteiger partial charge in [-0.1, -0.05) is 20.3 Å². The Morgan fingerprint density at radius 3 is 2.67 bits per heavy atom. The SMILES string of the molecule is CC[C@H](C)COC(N)=O. The number of hydrogen-bond donors (Lipinski definition) is 1. The lowest BCUT2D eigenvalue weighted by Gasteiger charge is -2.06. The van der Waals surface area contributed by atoms with Crippen molar-refractivity contribution in [1.82, 2.24) is 0 Å². The summed E-state index contributed by atoms with van der Waals surface area (Å²) in [5, 5.41) is 0. The van der Waals surface area contributed by atoms with Gasteiger partial charge in [-0.3, -0.25) is 0 Å². The van der Waals surface area contributed by atoms with E-state index in [1.54, 1.807) is 0 Å². The molecule has 1 atom stereocenters. The van der Waals surface area contributed by atoms with E-state index in [4.69, 9.17) is 5.73 Å². The van der Waals surface area contributed by atoms with Crippen LogP contribution in [0.15, 0.2) is 0 Å². The molecule has 0 fully saturated rings. The molecule has 0 aromatic carbocycles. The number of amides is 1. The van der Waals surface area contributed by atoms with Crippen LogP contribution in [0.2, 0.25) is 0 Å². The smallest absolute Gasteiger partial charge is 0.404 e. The second-order valence-electron chi connectivity index (χ2n) is 2.14. The Bertz CT molecular complexity index is 93.1.